The molecular formula is C26H42N4O2. The smallest absolute Gasteiger partial charge is 0.226 e. The third-order valence-electron chi connectivity index (χ3n) is 7.81. The number of carbonyl (C=O) groups is 1. The zero-order valence-electron chi connectivity index (χ0n) is 20.3. The van der Waals surface area contributed by atoms with Gasteiger partial charge in [0.1, 0.15) is 0 Å². The molecule has 6 nitrogen and oxygen atoms in total. The predicted molar refractivity (Wildman–Crippen MR) is 127 cm³/mol. The van der Waals surface area contributed by atoms with Gasteiger partial charge in [0, 0.05) is 44.0 Å². The Morgan fingerprint density at radius 2 is 1.78 bits per heavy atom. The Bertz CT molecular complexity index is 725. The lowest BCUT2D eigenvalue weighted by atomic mass is 9.86. The molecule has 32 heavy (non-hydrogen) atoms. The fraction of sp³-hybridized carbons (Fsp3) is 0.769. The van der Waals surface area contributed by atoms with Gasteiger partial charge in [0.15, 0.2) is 0 Å². The monoisotopic (exact) mass is 442 g/mol. The van der Waals surface area contributed by atoms with Crippen molar-refractivity contribution in [3.05, 3.63) is 30.1 Å². The first-order chi connectivity index (χ1) is 15.4. The molecule has 0 unspecified atom stereocenters. The zero-order chi connectivity index (χ0) is 22.6. The van der Waals surface area contributed by atoms with Crippen LogP contribution in [-0.4, -0.2) is 83.6 Å². The van der Waals surface area contributed by atoms with Crippen LogP contribution in [0.2, 0.25) is 0 Å². The van der Waals surface area contributed by atoms with Gasteiger partial charge in [-0.2, -0.15) is 0 Å². The topological polar surface area (TPSA) is 48.9 Å². The fourth-order valence-corrected chi connectivity index (χ4v) is 5.81. The molecule has 3 fully saturated rings. The van der Waals surface area contributed by atoms with Crippen LogP contribution in [0.3, 0.4) is 0 Å². The van der Waals surface area contributed by atoms with E-state index in [2.05, 4.69) is 40.6 Å². The highest BCUT2D eigenvalue weighted by Gasteiger charge is 2.36. The van der Waals surface area contributed by atoms with Crippen molar-refractivity contribution >= 4 is 5.91 Å². The largest absolute Gasteiger partial charge is 0.376 e. The maximum Gasteiger partial charge on any atom is 0.226 e. The highest BCUT2D eigenvalue weighted by Crippen LogP contribution is 2.31. The predicted octanol–water partition coefficient (Wildman–Crippen LogP) is 3.42. The van der Waals surface area contributed by atoms with Crippen molar-refractivity contribution < 1.29 is 9.53 Å². The van der Waals surface area contributed by atoms with Crippen molar-refractivity contribution in [2.24, 2.45) is 11.8 Å². The third-order valence-corrected chi connectivity index (χ3v) is 7.81. The second-order valence-corrected chi connectivity index (χ2v) is 10.9. The number of pyridine rings is 1. The van der Waals surface area contributed by atoms with Gasteiger partial charge in [0.05, 0.1) is 5.60 Å². The van der Waals surface area contributed by atoms with Crippen LogP contribution in [0.1, 0.15) is 57.9 Å². The molecule has 1 atom stereocenters. The molecule has 0 N–H and O–H groups in total. The molecule has 0 aromatic carbocycles. The quantitative estimate of drug-likeness (QED) is 0.676. The Morgan fingerprint density at radius 3 is 2.44 bits per heavy atom. The van der Waals surface area contributed by atoms with Crippen LogP contribution >= 0.6 is 0 Å². The fourth-order valence-electron chi connectivity index (χ4n) is 5.81. The molecule has 0 aliphatic carbocycles. The number of carbonyl (C=O) groups excluding carboxylic acids is 1. The summed E-state index contributed by atoms with van der Waals surface area (Å²) in [7, 11) is 2.23. The Balaban J connectivity index is 1.36. The van der Waals surface area contributed by atoms with Crippen LogP contribution in [0.25, 0.3) is 0 Å². The first kappa shape index (κ1) is 23.7. The second kappa shape index (κ2) is 10.6. The second-order valence-electron chi connectivity index (χ2n) is 10.9. The van der Waals surface area contributed by atoms with Gasteiger partial charge in [-0.15, -0.1) is 0 Å². The molecule has 3 aliphatic rings. The van der Waals surface area contributed by atoms with Crippen molar-refractivity contribution in [1.82, 2.24) is 19.7 Å². The average Bonchev–Trinajstić information content (AvgIpc) is 2.79. The molecule has 3 aliphatic heterocycles. The molecular weight excluding hydrogens is 400 g/mol. The third kappa shape index (κ3) is 6.30. The van der Waals surface area contributed by atoms with E-state index in [1.807, 2.05) is 24.5 Å². The summed E-state index contributed by atoms with van der Waals surface area (Å²) in [5.74, 6) is 0.979. The highest BCUT2D eigenvalue weighted by molar-refractivity contribution is 5.79. The summed E-state index contributed by atoms with van der Waals surface area (Å²) in [6, 6.07) is 4.83. The van der Waals surface area contributed by atoms with E-state index in [1.54, 1.807) is 0 Å². The first-order valence-corrected chi connectivity index (χ1v) is 12.6. The maximum absolute atomic E-state index is 13.6. The van der Waals surface area contributed by atoms with Gasteiger partial charge in [-0.05, 0) is 109 Å². The molecule has 0 saturated carbocycles. The lowest BCUT2D eigenvalue weighted by molar-refractivity contribution is -0.147. The van der Waals surface area contributed by atoms with E-state index in [0.29, 0.717) is 25.0 Å². The molecule has 1 amide bonds. The summed E-state index contributed by atoms with van der Waals surface area (Å²) in [6.07, 6.45) is 10.3. The average molecular weight is 443 g/mol. The lowest BCUT2D eigenvalue weighted by Gasteiger charge is -2.42. The lowest BCUT2D eigenvalue weighted by Crippen LogP contribution is -2.49. The SMILES string of the molecule is CN1CCC(N2CCC(CN(Cc3ccncc3)C(=O)[C@@H]3CCOC(C)(C)C3)CC2)CC1. The van der Waals surface area contributed by atoms with Gasteiger partial charge in [0.25, 0.3) is 0 Å². The van der Waals surface area contributed by atoms with Crippen molar-refractivity contribution in [3.8, 4) is 0 Å². The number of hydrogen-bond acceptors (Lipinski definition) is 5. The summed E-state index contributed by atoms with van der Waals surface area (Å²) < 4.78 is 5.88. The summed E-state index contributed by atoms with van der Waals surface area (Å²) in [6.45, 7) is 11.3. The highest BCUT2D eigenvalue weighted by atomic mass is 16.5. The Kier molecular flexibility index (Phi) is 7.85. The molecule has 6 heteroatoms. The zero-order valence-corrected chi connectivity index (χ0v) is 20.3. The van der Waals surface area contributed by atoms with Crippen LogP contribution < -0.4 is 0 Å². The van der Waals surface area contributed by atoms with E-state index in [-0.39, 0.29) is 11.5 Å². The number of piperidine rings is 2. The van der Waals surface area contributed by atoms with Gasteiger partial charge in [-0.1, -0.05) is 0 Å². The summed E-state index contributed by atoms with van der Waals surface area (Å²) in [5.41, 5.74) is 0.962. The summed E-state index contributed by atoms with van der Waals surface area (Å²) in [5, 5.41) is 0. The van der Waals surface area contributed by atoms with E-state index in [0.717, 1.165) is 25.4 Å². The van der Waals surface area contributed by atoms with E-state index in [1.165, 1.54) is 57.4 Å². The number of nitrogens with zero attached hydrogens (tertiary/aromatic N) is 4. The van der Waals surface area contributed by atoms with Gasteiger partial charge < -0.3 is 19.4 Å². The Hall–Kier alpha value is -1.50. The molecule has 178 valence electrons. The Morgan fingerprint density at radius 1 is 1.09 bits per heavy atom. The molecule has 0 bridgehead atoms. The number of likely N-dealkylation sites (tertiary alicyclic amines) is 2. The molecule has 0 spiro atoms. The number of ether oxygens (including phenoxy) is 1. The van der Waals surface area contributed by atoms with E-state index in [9.17, 15) is 4.79 Å². The first-order valence-electron chi connectivity index (χ1n) is 12.6. The molecule has 4 heterocycles. The minimum atomic E-state index is -0.208. The molecule has 3 saturated heterocycles. The minimum absolute atomic E-state index is 0.0694. The molecule has 1 aromatic heterocycles. The number of amides is 1. The number of aromatic nitrogens is 1. The minimum Gasteiger partial charge on any atom is -0.376 e. The molecule has 4 rings (SSSR count). The molecule has 1 aromatic rings. The van der Waals surface area contributed by atoms with Gasteiger partial charge in [-0.25, -0.2) is 0 Å². The van der Waals surface area contributed by atoms with Crippen LogP contribution in [0.4, 0.5) is 0 Å². The van der Waals surface area contributed by atoms with E-state index >= 15 is 0 Å². The maximum atomic E-state index is 13.6. The van der Waals surface area contributed by atoms with E-state index < -0.39 is 0 Å². The van der Waals surface area contributed by atoms with E-state index in [4.69, 9.17) is 4.74 Å². The summed E-state index contributed by atoms with van der Waals surface area (Å²) in [4.78, 5) is 25.1. The standard InChI is InChI=1S/C26H42N4O2/c1-26(2)18-23(10-17-32-26)25(31)30(19-21-4-11-27-12-5-21)20-22-6-15-29(16-7-22)24-8-13-28(3)14-9-24/h4-5,11-12,22-24H,6-10,13-20H2,1-3H3/t23-/m1/s1. The van der Waals surface area contributed by atoms with Crippen molar-refractivity contribution in [1.29, 1.82) is 0 Å². The summed E-state index contributed by atoms with van der Waals surface area (Å²) >= 11 is 0. The van der Waals surface area contributed by atoms with Gasteiger partial charge in [0.2, 0.25) is 5.91 Å². The number of rotatable bonds is 6. The van der Waals surface area contributed by atoms with Crippen molar-refractivity contribution in [3.63, 3.8) is 0 Å². The van der Waals surface area contributed by atoms with Crippen LogP contribution in [0.5, 0.6) is 0 Å². The van der Waals surface area contributed by atoms with Crippen molar-refractivity contribution in [2.75, 3.05) is 46.4 Å². The van der Waals surface area contributed by atoms with Crippen LogP contribution in [-0.2, 0) is 16.1 Å². The van der Waals surface area contributed by atoms with Crippen LogP contribution in [0, 0.1) is 11.8 Å². The van der Waals surface area contributed by atoms with Crippen LogP contribution in [0.15, 0.2) is 24.5 Å². The van der Waals surface area contributed by atoms with Gasteiger partial charge in [-0.3, -0.25) is 9.78 Å². The number of hydrogen-bond donors (Lipinski definition) is 0. The molecule has 0 radical (unpaired) electrons. The normalized spacial score (nSPS) is 26.2. The van der Waals surface area contributed by atoms with Crippen molar-refractivity contribution in [2.45, 2.75) is 70.6 Å². The Labute approximate surface area is 194 Å². The van der Waals surface area contributed by atoms with Gasteiger partial charge >= 0.3 is 0 Å².